The van der Waals surface area contributed by atoms with E-state index in [1.54, 1.807) is 0 Å². The van der Waals surface area contributed by atoms with Gasteiger partial charge >= 0.3 is 13.1 Å². The summed E-state index contributed by atoms with van der Waals surface area (Å²) in [7, 11) is -1.97. The monoisotopic (exact) mass is 148 g/mol. The molecule has 10 heavy (non-hydrogen) atoms. The summed E-state index contributed by atoms with van der Waals surface area (Å²) in [4.78, 5) is 0. The second-order valence-electron chi connectivity index (χ2n) is 1.64. The van der Waals surface area contributed by atoms with Crippen LogP contribution >= 0.6 is 0 Å². The fourth-order valence-corrected chi connectivity index (χ4v) is 0.491. The van der Waals surface area contributed by atoms with E-state index in [0.29, 0.717) is 6.07 Å². The molecule has 0 saturated heterocycles. The lowest BCUT2D eigenvalue weighted by Crippen LogP contribution is -2.28. The molecule has 1 aromatic rings. The molecule has 0 aliphatic carbocycles. The second kappa shape index (κ2) is 2.39. The maximum Gasteiger partial charge on any atom is 0.526 e. The van der Waals surface area contributed by atoms with Crippen LogP contribution in [-0.2, 0) is 0 Å². The van der Waals surface area contributed by atoms with Crippen LogP contribution in [0, 0.1) is 11.8 Å². The van der Waals surface area contributed by atoms with Gasteiger partial charge < -0.3 is 14.5 Å². The Bertz CT molecular complexity index is 215. The molecule has 0 saturated carbocycles. The van der Waals surface area contributed by atoms with Gasteiger partial charge in [-0.05, 0) is 0 Å². The Labute approximate surface area is 55.0 Å². The third-order valence-electron chi connectivity index (χ3n) is 0.919. The molecule has 0 aliphatic heterocycles. The Morgan fingerprint density at radius 2 is 2.00 bits per heavy atom. The van der Waals surface area contributed by atoms with Crippen molar-refractivity contribution in [3.05, 3.63) is 17.9 Å². The van der Waals surface area contributed by atoms with Crippen molar-refractivity contribution in [2.75, 3.05) is 0 Å². The number of hydrogen-bond donors (Lipinski definition) is 2. The molecule has 6 heteroatoms. The van der Waals surface area contributed by atoms with E-state index in [4.69, 9.17) is 10.0 Å². The van der Waals surface area contributed by atoms with Crippen LogP contribution in [0.25, 0.3) is 0 Å². The molecule has 3 nitrogen and oxygen atoms in total. The molecule has 0 unspecified atom stereocenters. The Kier molecular flexibility index (Phi) is 1.73. The van der Waals surface area contributed by atoms with Gasteiger partial charge in [-0.15, -0.1) is 0 Å². The zero-order chi connectivity index (χ0) is 7.72. The average molecular weight is 148 g/mol. The Morgan fingerprint density at radius 1 is 1.40 bits per heavy atom. The van der Waals surface area contributed by atoms with Crippen LogP contribution in [0.1, 0.15) is 0 Å². The Balaban J connectivity index is 2.98. The topological polar surface area (TPSA) is 53.6 Å². The van der Waals surface area contributed by atoms with Crippen molar-refractivity contribution >= 4 is 12.8 Å². The van der Waals surface area contributed by atoms with Crippen LogP contribution in [0.2, 0.25) is 0 Å². The van der Waals surface area contributed by atoms with Gasteiger partial charge in [-0.1, -0.05) is 0 Å². The fourth-order valence-electron chi connectivity index (χ4n) is 0.491. The summed E-state index contributed by atoms with van der Waals surface area (Å²) in [5.74, 6) is -1.23. The SMILES string of the molecule is OB(O)c1cc(F)c(F)o1. The van der Waals surface area contributed by atoms with Gasteiger partial charge in [0.1, 0.15) is 5.66 Å². The standard InChI is InChI=1S/C4H3BF2O3/c6-2-1-3(5(8)9)10-4(2)7/h1,8-9H. The molecule has 2 N–H and O–H groups in total. The highest BCUT2D eigenvalue weighted by atomic mass is 19.2. The molecule has 0 fully saturated rings. The first-order chi connectivity index (χ1) is 4.61. The van der Waals surface area contributed by atoms with E-state index in [1.165, 1.54) is 0 Å². The Hall–Kier alpha value is -0.875. The molecule has 1 heterocycles. The minimum absolute atomic E-state index is 0.546. The molecule has 0 bridgehead atoms. The lowest BCUT2D eigenvalue weighted by Gasteiger charge is -1.86. The smallest absolute Gasteiger partial charge is 0.438 e. The first-order valence-electron chi connectivity index (χ1n) is 2.42. The van der Waals surface area contributed by atoms with Crippen molar-refractivity contribution < 1.29 is 23.2 Å². The maximum absolute atomic E-state index is 12.0. The highest BCUT2D eigenvalue weighted by Crippen LogP contribution is 2.02. The summed E-state index contributed by atoms with van der Waals surface area (Å²) in [5.41, 5.74) is -0.546. The molecular weight excluding hydrogens is 145 g/mol. The first-order valence-corrected chi connectivity index (χ1v) is 2.42. The first kappa shape index (κ1) is 7.23. The van der Waals surface area contributed by atoms with E-state index in [1.807, 2.05) is 0 Å². The van der Waals surface area contributed by atoms with Crippen LogP contribution in [0.4, 0.5) is 8.78 Å². The van der Waals surface area contributed by atoms with Gasteiger partial charge in [0.2, 0.25) is 0 Å². The van der Waals surface area contributed by atoms with Crippen LogP contribution < -0.4 is 5.66 Å². The van der Waals surface area contributed by atoms with Gasteiger partial charge in [-0.2, -0.15) is 4.39 Å². The van der Waals surface area contributed by atoms with E-state index in [9.17, 15) is 8.78 Å². The third kappa shape index (κ3) is 1.17. The summed E-state index contributed by atoms with van der Waals surface area (Å²) in [6.07, 6.45) is 0. The molecule has 1 aromatic heterocycles. The molecule has 0 amide bonds. The maximum atomic E-state index is 12.0. The van der Waals surface area contributed by atoms with Crippen molar-refractivity contribution in [3.63, 3.8) is 0 Å². The van der Waals surface area contributed by atoms with E-state index in [0.717, 1.165) is 0 Å². The van der Waals surface area contributed by atoms with Crippen LogP contribution in [-0.4, -0.2) is 17.2 Å². The molecule has 0 spiro atoms. The summed E-state index contributed by atoms with van der Waals surface area (Å²) in [6.45, 7) is 0. The number of furan rings is 1. The average Bonchev–Trinajstić information content (AvgIpc) is 2.13. The van der Waals surface area contributed by atoms with Crippen LogP contribution in [0.5, 0.6) is 0 Å². The van der Waals surface area contributed by atoms with Crippen LogP contribution in [0.3, 0.4) is 0 Å². The quantitative estimate of drug-likeness (QED) is 0.514. The molecule has 0 aromatic carbocycles. The van der Waals surface area contributed by atoms with Gasteiger partial charge in [0.15, 0.2) is 5.82 Å². The van der Waals surface area contributed by atoms with Crippen molar-refractivity contribution in [1.82, 2.24) is 0 Å². The van der Waals surface area contributed by atoms with Crippen molar-refractivity contribution in [1.29, 1.82) is 0 Å². The Morgan fingerprint density at radius 3 is 2.20 bits per heavy atom. The minimum Gasteiger partial charge on any atom is -0.438 e. The number of rotatable bonds is 1. The summed E-state index contributed by atoms with van der Waals surface area (Å²) in [6, 6.07) is -0.872. The number of hydrogen-bond acceptors (Lipinski definition) is 3. The van der Waals surface area contributed by atoms with E-state index < -0.39 is 24.6 Å². The van der Waals surface area contributed by atoms with E-state index in [2.05, 4.69) is 4.42 Å². The molecule has 0 radical (unpaired) electrons. The van der Waals surface area contributed by atoms with Crippen molar-refractivity contribution in [2.24, 2.45) is 0 Å². The molecule has 1 rings (SSSR count). The summed E-state index contributed by atoms with van der Waals surface area (Å²) in [5, 5.41) is 16.6. The van der Waals surface area contributed by atoms with Crippen molar-refractivity contribution in [3.8, 4) is 0 Å². The van der Waals surface area contributed by atoms with Gasteiger partial charge in [0.05, 0.1) is 0 Å². The van der Waals surface area contributed by atoms with Gasteiger partial charge in [-0.25, -0.2) is 4.39 Å². The lowest BCUT2D eigenvalue weighted by atomic mass is 9.88. The normalized spacial score (nSPS) is 10.0. The zero-order valence-electron chi connectivity index (χ0n) is 4.71. The lowest BCUT2D eigenvalue weighted by molar-refractivity contribution is 0.326. The predicted molar refractivity (Wildman–Crippen MR) is 28.4 cm³/mol. The predicted octanol–water partition coefficient (Wildman–Crippen LogP) is -0.762. The second-order valence-corrected chi connectivity index (χ2v) is 1.64. The molecular formula is C4H3BF2O3. The van der Waals surface area contributed by atoms with Crippen molar-refractivity contribution in [2.45, 2.75) is 0 Å². The molecule has 0 atom stereocenters. The van der Waals surface area contributed by atoms with Gasteiger partial charge in [0.25, 0.3) is 0 Å². The summed E-state index contributed by atoms with van der Waals surface area (Å²) >= 11 is 0. The molecule has 0 aliphatic rings. The summed E-state index contributed by atoms with van der Waals surface area (Å²) < 4.78 is 27.9. The largest absolute Gasteiger partial charge is 0.526 e. The molecule has 54 valence electrons. The highest BCUT2D eigenvalue weighted by molar-refractivity contribution is 6.56. The van der Waals surface area contributed by atoms with Gasteiger partial charge in [-0.3, -0.25) is 0 Å². The highest BCUT2D eigenvalue weighted by Gasteiger charge is 2.20. The van der Waals surface area contributed by atoms with E-state index >= 15 is 0 Å². The van der Waals surface area contributed by atoms with E-state index in [-0.39, 0.29) is 0 Å². The fraction of sp³-hybridized carbons (Fsp3) is 0. The van der Waals surface area contributed by atoms with Crippen LogP contribution in [0.15, 0.2) is 10.5 Å². The van der Waals surface area contributed by atoms with Gasteiger partial charge in [0, 0.05) is 6.07 Å². The zero-order valence-corrected chi connectivity index (χ0v) is 4.71. The number of halogens is 2. The third-order valence-corrected chi connectivity index (χ3v) is 0.919. The minimum atomic E-state index is -1.97.